The van der Waals surface area contributed by atoms with Crippen LogP contribution in [0.15, 0.2) is 24.3 Å². The second-order valence-corrected chi connectivity index (χ2v) is 4.45. The van der Waals surface area contributed by atoms with Crippen molar-refractivity contribution in [1.82, 2.24) is 4.90 Å². The number of hydrogen-bond donors (Lipinski definition) is 1. The van der Waals surface area contributed by atoms with Gasteiger partial charge in [0.25, 0.3) is 5.91 Å². The SMILES string of the molecule is CCN(CC(=O)O)C(=O)C1OCCc2ccccc21. The molecule has 0 spiro atoms. The van der Waals surface area contributed by atoms with Crippen molar-refractivity contribution in [2.24, 2.45) is 0 Å². The van der Waals surface area contributed by atoms with Gasteiger partial charge in [-0.1, -0.05) is 24.3 Å². The molecule has 5 heteroatoms. The number of aliphatic carboxylic acids is 1. The number of likely N-dealkylation sites (N-methyl/N-ethyl adjacent to an activating group) is 1. The largest absolute Gasteiger partial charge is 0.480 e. The number of benzene rings is 1. The van der Waals surface area contributed by atoms with Crippen LogP contribution in [0.5, 0.6) is 0 Å². The predicted molar refractivity (Wildman–Crippen MR) is 68.7 cm³/mol. The first kappa shape index (κ1) is 13.5. The van der Waals surface area contributed by atoms with E-state index in [-0.39, 0.29) is 12.5 Å². The lowest BCUT2D eigenvalue weighted by atomic mass is 9.97. The van der Waals surface area contributed by atoms with Gasteiger partial charge in [-0.15, -0.1) is 0 Å². The maximum atomic E-state index is 12.4. The zero-order valence-electron chi connectivity index (χ0n) is 10.8. The van der Waals surface area contributed by atoms with Gasteiger partial charge in [0, 0.05) is 6.54 Å². The van der Waals surface area contributed by atoms with Crippen molar-refractivity contribution in [2.75, 3.05) is 19.7 Å². The number of carbonyl (C=O) groups excluding carboxylic acids is 1. The molecule has 0 aliphatic carbocycles. The Balaban J connectivity index is 2.22. The summed E-state index contributed by atoms with van der Waals surface area (Å²) in [6.45, 7) is 2.30. The number of fused-ring (bicyclic) bond motifs is 1. The normalized spacial score (nSPS) is 17.6. The van der Waals surface area contributed by atoms with Crippen LogP contribution in [0.25, 0.3) is 0 Å². The van der Waals surface area contributed by atoms with Crippen molar-refractivity contribution in [1.29, 1.82) is 0 Å². The lowest BCUT2D eigenvalue weighted by Gasteiger charge is -2.29. The molecule has 19 heavy (non-hydrogen) atoms. The summed E-state index contributed by atoms with van der Waals surface area (Å²) >= 11 is 0. The lowest BCUT2D eigenvalue weighted by Crippen LogP contribution is -2.40. The molecule has 1 aliphatic heterocycles. The Bertz CT molecular complexity index is 486. The van der Waals surface area contributed by atoms with Crippen LogP contribution in [0.3, 0.4) is 0 Å². The Labute approximate surface area is 111 Å². The van der Waals surface area contributed by atoms with Crippen LogP contribution in [0, 0.1) is 0 Å². The summed E-state index contributed by atoms with van der Waals surface area (Å²) < 4.78 is 5.55. The topological polar surface area (TPSA) is 66.8 Å². The van der Waals surface area contributed by atoms with E-state index in [0.717, 1.165) is 17.5 Å². The predicted octanol–water partition coefficient (Wildman–Crippen LogP) is 1.23. The van der Waals surface area contributed by atoms with E-state index in [4.69, 9.17) is 9.84 Å². The van der Waals surface area contributed by atoms with Crippen molar-refractivity contribution in [3.8, 4) is 0 Å². The third-order valence-corrected chi connectivity index (χ3v) is 3.24. The molecule has 1 unspecified atom stereocenters. The summed E-state index contributed by atoms with van der Waals surface area (Å²) in [7, 11) is 0. The fourth-order valence-corrected chi connectivity index (χ4v) is 2.27. The molecular weight excluding hydrogens is 246 g/mol. The van der Waals surface area contributed by atoms with Gasteiger partial charge in [-0.05, 0) is 24.5 Å². The number of hydrogen-bond acceptors (Lipinski definition) is 3. The Hall–Kier alpha value is -1.88. The summed E-state index contributed by atoms with van der Waals surface area (Å²) in [5.74, 6) is -1.30. The maximum Gasteiger partial charge on any atom is 0.323 e. The third-order valence-electron chi connectivity index (χ3n) is 3.24. The summed E-state index contributed by atoms with van der Waals surface area (Å²) in [5.41, 5.74) is 1.95. The van der Waals surface area contributed by atoms with E-state index >= 15 is 0 Å². The molecule has 0 fully saturated rings. The number of carboxylic acids is 1. The number of nitrogens with zero attached hydrogens (tertiary/aromatic N) is 1. The van der Waals surface area contributed by atoms with Gasteiger partial charge in [-0.2, -0.15) is 0 Å². The molecule has 1 heterocycles. The van der Waals surface area contributed by atoms with Crippen molar-refractivity contribution < 1.29 is 19.4 Å². The molecule has 1 amide bonds. The van der Waals surface area contributed by atoms with Crippen molar-refractivity contribution in [3.05, 3.63) is 35.4 Å². The van der Waals surface area contributed by atoms with Crippen LogP contribution < -0.4 is 0 Å². The molecule has 2 rings (SSSR count). The zero-order chi connectivity index (χ0) is 13.8. The van der Waals surface area contributed by atoms with E-state index in [1.165, 1.54) is 4.90 Å². The van der Waals surface area contributed by atoms with Crippen LogP contribution in [0.1, 0.15) is 24.2 Å². The molecule has 1 aromatic carbocycles. The summed E-state index contributed by atoms with van der Waals surface area (Å²) in [4.78, 5) is 24.4. The highest BCUT2D eigenvalue weighted by Gasteiger charge is 2.30. The average molecular weight is 263 g/mol. The molecule has 1 aromatic rings. The van der Waals surface area contributed by atoms with Crippen LogP contribution >= 0.6 is 0 Å². The lowest BCUT2D eigenvalue weighted by molar-refractivity contribution is -0.151. The highest BCUT2D eigenvalue weighted by molar-refractivity contribution is 5.86. The maximum absolute atomic E-state index is 12.4. The van der Waals surface area contributed by atoms with Gasteiger partial charge in [0.2, 0.25) is 0 Å². The minimum absolute atomic E-state index is 0.281. The van der Waals surface area contributed by atoms with Crippen molar-refractivity contribution in [2.45, 2.75) is 19.4 Å². The number of rotatable bonds is 4. The fourth-order valence-electron chi connectivity index (χ4n) is 2.27. The summed E-state index contributed by atoms with van der Waals surface area (Å²) in [6.07, 6.45) is 0.106. The van der Waals surface area contributed by atoms with Crippen LogP contribution in [0.2, 0.25) is 0 Å². The van der Waals surface area contributed by atoms with Gasteiger partial charge >= 0.3 is 5.97 Å². The molecule has 0 aromatic heterocycles. The second kappa shape index (κ2) is 5.84. The number of carboxylic acid groups (broad SMARTS) is 1. The molecule has 0 saturated carbocycles. The van der Waals surface area contributed by atoms with Crippen LogP contribution in [-0.2, 0) is 20.7 Å². The first-order valence-corrected chi connectivity index (χ1v) is 6.33. The second-order valence-electron chi connectivity index (χ2n) is 4.45. The minimum Gasteiger partial charge on any atom is -0.480 e. The van der Waals surface area contributed by atoms with Gasteiger partial charge in [-0.3, -0.25) is 9.59 Å². The number of carbonyl (C=O) groups is 2. The molecule has 0 saturated heterocycles. The van der Waals surface area contributed by atoms with E-state index in [2.05, 4.69) is 0 Å². The molecule has 1 atom stereocenters. The Morgan fingerprint density at radius 3 is 2.84 bits per heavy atom. The Morgan fingerprint density at radius 2 is 2.16 bits per heavy atom. The van der Waals surface area contributed by atoms with E-state index in [9.17, 15) is 9.59 Å². The van der Waals surface area contributed by atoms with Gasteiger partial charge in [-0.25, -0.2) is 0 Å². The molecule has 0 radical (unpaired) electrons. The molecule has 1 N–H and O–H groups in total. The standard InChI is InChI=1S/C14H17NO4/c1-2-15(9-12(16)17)14(18)13-11-6-4-3-5-10(11)7-8-19-13/h3-6,13H,2,7-9H2,1H3,(H,16,17). The first-order valence-electron chi connectivity index (χ1n) is 6.33. The molecule has 102 valence electrons. The molecular formula is C14H17NO4. The zero-order valence-corrected chi connectivity index (χ0v) is 10.8. The van der Waals surface area contributed by atoms with Gasteiger partial charge < -0.3 is 14.7 Å². The number of ether oxygens (including phenoxy) is 1. The first-order chi connectivity index (χ1) is 9.13. The van der Waals surface area contributed by atoms with E-state index in [1.54, 1.807) is 6.92 Å². The Morgan fingerprint density at radius 1 is 1.42 bits per heavy atom. The monoisotopic (exact) mass is 263 g/mol. The summed E-state index contributed by atoms with van der Waals surface area (Å²) in [6, 6.07) is 7.64. The minimum atomic E-state index is -1.01. The van der Waals surface area contributed by atoms with Crippen LogP contribution in [0.4, 0.5) is 0 Å². The van der Waals surface area contributed by atoms with Crippen molar-refractivity contribution in [3.63, 3.8) is 0 Å². The van der Waals surface area contributed by atoms with Crippen molar-refractivity contribution >= 4 is 11.9 Å². The van der Waals surface area contributed by atoms with Gasteiger partial charge in [0.05, 0.1) is 6.61 Å². The quantitative estimate of drug-likeness (QED) is 0.887. The average Bonchev–Trinajstić information content (AvgIpc) is 2.43. The highest BCUT2D eigenvalue weighted by atomic mass is 16.5. The molecule has 0 bridgehead atoms. The van der Waals surface area contributed by atoms with E-state index in [1.807, 2.05) is 24.3 Å². The van der Waals surface area contributed by atoms with Gasteiger partial charge in [0.15, 0.2) is 6.10 Å². The van der Waals surface area contributed by atoms with Crippen LogP contribution in [-0.4, -0.2) is 41.6 Å². The smallest absolute Gasteiger partial charge is 0.323 e. The Kier molecular flexibility index (Phi) is 4.16. The molecule has 1 aliphatic rings. The fraction of sp³-hybridized carbons (Fsp3) is 0.429. The third kappa shape index (κ3) is 2.93. The van der Waals surface area contributed by atoms with Gasteiger partial charge in [0.1, 0.15) is 6.54 Å². The van der Waals surface area contributed by atoms with E-state index in [0.29, 0.717) is 13.2 Å². The highest BCUT2D eigenvalue weighted by Crippen LogP contribution is 2.28. The number of amides is 1. The van der Waals surface area contributed by atoms with E-state index < -0.39 is 12.1 Å². The molecule has 5 nitrogen and oxygen atoms in total. The summed E-state index contributed by atoms with van der Waals surface area (Å²) in [5, 5.41) is 8.82.